The summed E-state index contributed by atoms with van der Waals surface area (Å²) in [6.07, 6.45) is 2.42. The van der Waals surface area contributed by atoms with E-state index in [9.17, 15) is 0 Å². The quantitative estimate of drug-likeness (QED) is 0.837. The summed E-state index contributed by atoms with van der Waals surface area (Å²) in [4.78, 5) is 0.343. The predicted molar refractivity (Wildman–Crippen MR) is 81.3 cm³/mol. The van der Waals surface area contributed by atoms with E-state index in [2.05, 4.69) is 5.32 Å². The molecule has 2 rings (SSSR count). The van der Waals surface area contributed by atoms with Gasteiger partial charge in [0.1, 0.15) is 4.99 Å². The van der Waals surface area contributed by atoms with Gasteiger partial charge in [-0.2, -0.15) is 11.8 Å². The summed E-state index contributed by atoms with van der Waals surface area (Å²) in [5.41, 5.74) is 7.36. The van der Waals surface area contributed by atoms with Gasteiger partial charge in [0.05, 0.1) is 5.02 Å². The van der Waals surface area contributed by atoms with Crippen LogP contribution in [0.15, 0.2) is 18.2 Å². The number of thiocarbonyl (C=S) groups is 1. The Labute approximate surface area is 116 Å². The van der Waals surface area contributed by atoms with Crippen molar-refractivity contribution >= 4 is 46.3 Å². The summed E-state index contributed by atoms with van der Waals surface area (Å²) in [7, 11) is 0. The Morgan fingerprint density at radius 2 is 2.12 bits per heavy atom. The molecule has 1 aliphatic rings. The van der Waals surface area contributed by atoms with Crippen LogP contribution in [0, 0.1) is 0 Å². The summed E-state index contributed by atoms with van der Waals surface area (Å²) >= 11 is 13.1. The SMILES string of the molecule is NC(=S)c1ccc(NC2CCSCC2)cc1Cl. The normalized spacial score (nSPS) is 16.8. The molecule has 1 fully saturated rings. The number of hydrogen-bond donors (Lipinski definition) is 2. The van der Waals surface area contributed by atoms with Gasteiger partial charge in [0.15, 0.2) is 0 Å². The summed E-state index contributed by atoms with van der Waals surface area (Å²) < 4.78 is 0. The number of nitrogens with one attached hydrogen (secondary N) is 1. The molecule has 0 aromatic heterocycles. The smallest absolute Gasteiger partial charge is 0.105 e. The molecular weight excluding hydrogens is 272 g/mol. The van der Waals surface area contributed by atoms with E-state index in [4.69, 9.17) is 29.6 Å². The molecule has 17 heavy (non-hydrogen) atoms. The van der Waals surface area contributed by atoms with Crippen molar-refractivity contribution in [2.24, 2.45) is 5.73 Å². The lowest BCUT2D eigenvalue weighted by molar-refractivity contribution is 0.667. The van der Waals surface area contributed by atoms with E-state index in [0.29, 0.717) is 16.1 Å². The minimum absolute atomic E-state index is 0.343. The molecule has 0 atom stereocenters. The number of hydrogen-bond acceptors (Lipinski definition) is 3. The molecule has 1 saturated heterocycles. The number of rotatable bonds is 3. The fourth-order valence-corrected chi connectivity index (χ4v) is 3.51. The van der Waals surface area contributed by atoms with Crippen LogP contribution in [0.2, 0.25) is 5.02 Å². The predicted octanol–water partition coefficient (Wildman–Crippen LogP) is 3.28. The molecule has 92 valence electrons. The molecule has 0 bridgehead atoms. The first kappa shape index (κ1) is 13.0. The highest BCUT2D eigenvalue weighted by molar-refractivity contribution is 7.99. The number of halogens is 1. The van der Waals surface area contributed by atoms with E-state index in [-0.39, 0.29) is 0 Å². The number of nitrogens with two attached hydrogens (primary N) is 1. The van der Waals surface area contributed by atoms with E-state index in [1.807, 2.05) is 30.0 Å². The second-order valence-electron chi connectivity index (χ2n) is 4.09. The lowest BCUT2D eigenvalue weighted by atomic mass is 10.1. The maximum absolute atomic E-state index is 6.13. The highest BCUT2D eigenvalue weighted by atomic mass is 35.5. The van der Waals surface area contributed by atoms with Crippen molar-refractivity contribution in [1.29, 1.82) is 0 Å². The molecule has 2 nitrogen and oxygen atoms in total. The van der Waals surface area contributed by atoms with Crippen LogP contribution < -0.4 is 11.1 Å². The van der Waals surface area contributed by atoms with Crippen LogP contribution in [0.25, 0.3) is 0 Å². The summed E-state index contributed by atoms with van der Waals surface area (Å²) in [6.45, 7) is 0. The number of anilines is 1. The van der Waals surface area contributed by atoms with E-state index < -0.39 is 0 Å². The second kappa shape index (κ2) is 5.94. The lowest BCUT2D eigenvalue weighted by Crippen LogP contribution is -2.24. The van der Waals surface area contributed by atoms with Crippen LogP contribution in [-0.2, 0) is 0 Å². The fourth-order valence-electron chi connectivity index (χ4n) is 1.88. The minimum atomic E-state index is 0.343. The number of benzene rings is 1. The molecule has 5 heteroatoms. The lowest BCUT2D eigenvalue weighted by Gasteiger charge is -2.23. The van der Waals surface area contributed by atoms with Crippen molar-refractivity contribution in [2.75, 3.05) is 16.8 Å². The van der Waals surface area contributed by atoms with Gasteiger partial charge in [-0.1, -0.05) is 23.8 Å². The first-order valence-electron chi connectivity index (χ1n) is 5.60. The fraction of sp³-hybridized carbons (Fsp3) is 0.417. The van der Waals surface area contributed by atoms with E-state index >= 15 is 0 Å². The van der Waals surface area contributed by atoms with Gasteiger partial charge in [-0.15, -0.1) is 0 Å². The Bertz CT molecular complexity index is 417. The molecule has 0 unspecified atom stereocenters. The van der Waals surface area contributed by atoms with Crippen molar-refractivity contribution in [3.63, 3.8) is 0 Å². The van der Waals surface area contributed by atoms with Crippen LogP contribution in [-0.4, -0.2) is 22.5 Å². The minimum Gasteiger partial charge on any atom is -0.389 e. The van der Waals surface area contributed by atoms with Gasteiger partial charge in [-0.05, 0) is 42.5 Å². The molecule has 1 heterocycles. The van der Waals surface area contributed by atoms with Crippen molar-refractivity contribution in [1.82, 2.24) is 0 Å². The zero-order valence-corrected chi connectivity index (χ0v) is 11.8. The molecule has 0 spiro atoms. The van der Waals surface area contributed by atoms with Crippen molar-refractivity contribution in [3.05, 3.63) is 28.8 Å². The van der Waals surface area contributed by atoms with Crippen LogP contribution in [0.5, 0.6) is 0 Å². The largest absolute Gasteiger partial charge is 0.389 e. The average Bonchev–Trinajstić information content (AvgIpc) is 2.30. The Morgan fingerprint density at radius 3 is 2.71 bits per heavy atom. The molecule has 3 N–H and O–H groups in total. The van der Waals surface area contributed by atoms with Gasteiger partial charge >= 0.3 is 0 Å². The molecule has 1 aromatic rings. The van der Waals surface area contributed by atoms with Gasteiger partial charge in [-0.3, -0.25) is 0 Å². The van der Waals surface area contributed by atoms with Crippen LogP contribution in [0.3, 0.4) is 0 Å². The summed E-state index contributed by atoms with van der Waals surface area (Å²) in [5.74, 6) is 2.47. The van der Waals surface area contributed by atoms with Crippen molar-refractivity contribution in [3.8, 4) is 0 Å². The number of thioether (sulfide) groups is 1. The third-order valence-electron chi connectivity index (χ3n) is 2.83. The summed E-state index contributed by atoms with van der Waals surface area (Å²) in [5, 5.41) is 4.12. The average molecular weight is 287 g/mol. The zero-order valence-electron chi connectivity index (χ0n) is 9.41. The summed E-state index contributed by atoms with van der Waals surface area (Å²) in [6, 6.07) is 6.33. The van der Waals surface area contributed by atoms with Gasteiger partial charge in [0, 0.05) is 17.3 Å². The molecule has 0 radical (unpaired) electrons. The third kappa shape index (κ3) is 3.50. The maximum atomic E-state index is 6.13. The monoisotopic (exact) mass is 286 g/mol. The molecule has 1 aromatic carbocycles. The standard InChI is InChI=1S/C12H15ClN2S2/c13-11-7-9(1-2-10(11)12(14)16)15-8-3-5-17-6-4-8/h1-2,7-8,15H,3-6H2,(H2,14,16). The molecular formula is C12H15ClN2S2. The maximum Gasteiger partial charge on any atom is 0.105 e. The van der Waals surface area contributed by atoms with Gasteiger partial charge in [-0.25, -0.2) is 0 Å². The van der Waals surface area contributed by atoms with Crippen LogP contribution >= 0.6 is 35.6 Å². The molecule has 0 amide bonds. The van der Waals surface area contributed by atoms with Gasteiger partial charge in [0.2, 0.25) is 0 Å². The second-order valence-corrected chi connectivity index (χ2v) is 6.16. The highest BCUT2D eigenvalue weighted by Gasteiger charge is 2.13. The van der Waals surface area contributed by atoms with E-state index in [1.54, 1.807) is 0 Å². The first-order chi connectivity index (χ1) is 8.16. The zero-order chi connectivity index (χ0) is 12.3. The van der Waals surface area contributed by atoms with Crippen molar-refractivity contribution in [2.45, 2.75) is 18.9 Å². The molecule has 1 aliphatic heterocycles. The Kier molecular flexibility index (Phi) is 4.54. The first-order valence-corrected chi connectivity index (χ1v) is 7.54. The van der Waals surface area contributed by atoms with Crippen molar-refractivity contribution < 1.29 is 0 Å². The van der Waals surface area contributed by atoms with Crippen LogP contribution in [0.4, 0.5) is 5.69 Å². The topological polar surface area (TPSA) is 38.0 Å². The Morgan fingerprint density at radius 1 is 1.41 bits per heavy atom. The van der Waals surface area contributed by atoms with E-state index in [0.717, 1.165) is 11.3 Å². The third-order valence-corrected chi connectivity index (χ3v) is 4.41. The van der Waals surface area contributed by atoms with Gasteiger partial charge in [0.25, 0.3) is 0 Å². The van der Waals surface area contributed by atoms with Gasteiger partial charge < -0.3 is 11.1 Å². The van der Waals surface area contributed by atoms with E-state index in [1.165, 1.54) is 24.3 Å². The molecule has 0 saturated carbocycles. The highest BCUT2D eigenvalue weighted by Crippen LogP contribution is 2.24. The Hall–Kier alpha value is -0.450. The Balaban J connectivity index is 2.06. The van der Waals surface area contributed by atoms with Crippen LogP contribution in [0.1, 0.15) is 18.4 Å². The molecule has 0 aliphatic carbocycles.